The van der Waals surface area contributed by atoms with Gasteiger partial charge in [-0.15, -0.1) is 0 Å². The molecule has 1 atom stereocenters. The molecule has 13 heteroatoms. The Balaban J connectivity index is 1.28. The van der Waals surface area contributed by atoms with Crippen LogP contribution in [0.3, 0.4) is 0 Å². The summed E-state index contributed by atoms with van der Waals surface area (Å²) in [7, 11) is 0. The van der Waals surface area contributed by atoms with Gasteiger partial charge in [0, 0.05) is 56.4 Å². The summed E-state index contributed by atoms with van der Waals surface area (Å²) in [5, 5.41) is 15.6. The van der Waals surface area contributed by atoms with Crippen LogP contribution in [0.25, 0.3) is 0 Å². The number of likely N-dealkylation sites (tertiary alicyclic amines) is 1. The average Bonchev–Trinajstić information content (AvgIpc) is 3.52. The Morgan fingerprint density at radius 1 is 1.08 bits per heavy atom. The fourth-order valence-electron chi connectivity index (χ4n) is 4.79. The lowest BCUT2D eigenvalue weighted by Crippen LogP contribution is -2.45. The number of hydrogen-bond acceptors (Lipinski definition) is 9. The van der Waals surface area contributed by atoms with E-state index in [2.05, 4.69) is 41.4 Å². The van der Waals surface area contributed by atoms with E-state index < -0.39 is 17.8 Å². The fraction of sp³-hybridized carbons (Fsp3) is 0.478. The predicted molar refractivity (Wildman–Crippen MR) is 136 cm³/mol. The van der Waals surface area contributed by atoms with Gasteiger partial charge in [-0.1, -0.05) is 0 Å². The van der Waals surface area contributed by atoms with Gasteiger partial charge < -0.3 is 40.7 Å². The van der Waals surface area contributed by atoms with Gasteiger partial charge in [-0.25, -0.2) is 14.8 Å². The van der Waals surface area contributed by atoms with E-state index >= 15 is 0 Å². The fourth-order valence-corrected chi connectivity index (χ4v) is 5.17. The number of nitrogens with one attached hydrogen (secondary N) is 2. The number of halogens is 1. The molecule has 5 rings (SSSR count). The van der Waals surface area contributed by atoms with E-state index in [-0.39, 0.29) is 17.6 Å². The van der Waals surface area contributed by atoms with Crippen molar-refractivity contribution in [2.75, 3.05) is 54.9 Å². The van der Waals surface area contributed by atoms with Crippen LogP contribution in [-0.2, 0) is 9.47 Å². The van der Waals surface area contributed by atoms with Gasteiger partial charge in [-0.05, 0) is 46.6 Å². The van der Waals surface area contributed by atoms with Crippen molar-refractivity contribution in [3.8, 4) is 0 Å². The zero-order chi connectivity index (χ0) is 25.3. The van der Waals surface area contributed by atoms with Crippen LogP contribution in [0, 0.1) is 0 Å². The standard InChI is InChI=1S/C23H28BrN7O5/c24-18-21(27-15-5-8-31(13-15)22(33)34)29-20(17(28-18)19(25)32)26-14-1-3-16(4-2-14)30-9-6-23(7-10-30)35-11-12-36-23/h1-4,15H,5-13H2,(H2,25,32)(H,33,34)(H2,26,27,29)/t15-/m1/s1. The molecule has 5 N–H and O–H groups in total. The Morgan fingerprint density at radius 2 is 1.78 bits per heavy atom. The molecular formula is C23H28BrN7O5. The molecule has 0 aliphatic carbocycles. The lowest BCUT2D eigenvalue weighted by atomic mass is 10.0. The number of carbonyl (C=O) groups is 2. The van der Waals surface area contributed by atoms with Crippen molar-refractivity contribution in [2.24, 2.45) is 5.73 Å². The van der Waals surface area contributed by atoms with Crippen molar-refractivity contribution in [2.45, 2.75) is 31.1 Å². The SMILES string of the molecule is NC(=O)c1nc(Br)c(N[C@@H]2CCN(C(=O)O)C2)nc1Nc1ccc(N2CCC3(CC2)OCCO3)cc1. The van der Waals surface area contributed by atoms with E-state index in [0.29, 0.717) is 43.1 Å². The van der Waals surface area contributed by atoms with E-state index in [0.717, 1.165) is 37.3 Å². The first kappa shape index (κ1) is 24.5. The van der Waals surface area contributed by atoms with Crippen molar-refractivity contribution in [1.82, 2.24) is 14.9 Å². The van der Waals surface area contributed by atoms with E-state index in [4.69, 9.17) is 15.2 Å². The maximum absolute atomic E-state index is 12.0. The highest BCUT2D eigenvalue weighted by atomic mass is 79.9. The molecule has 3 fully saturated rings. The molecule has 1 aromatic heterocycles. The van der Waals surface area contributed by atoms with Crippen molar-refractivity contribution in [1.29, 1.82) is 0 Å². The highest BCUT2D eigenvalue weighted by molar-refractivity contribution is 9.10. The van der Waals surface area contributed by atoms with Crippen molar-refractivity contribution >= 4 is 50.9 Å². The van der Waals surface area contributed by atoms with Gasteiger partial charge >= 0.3 is 6.09 Å². The van der Waals surface area contributed by atoms with Gasteiger partial charge in [-0.3, -0.25) is 4.79 Å². The van der Waals surface area contributed by atoms with Gasteiger partial charge in [-0.2, -0.15) is 0 Å². The second kappa shape index (κ2) is 10.1. The molecule has 0 unspecified atom stereocenters. The van der Waals surface area contributed by atoms with Crippen molar-refractivity contribution in [3.63, 3.8) is 0 Å². The molecule has 0 bridgehead atoms. The highest BCUT2D eigenvalue weighted by Crippen LogP contribution is 2.34. The Kier molecular flexibility index (Phi) is 6.86. The molecule has 4 heterocycles. The zero-order valence-corrected chi connectivity index (χ0v) is 21.2. The van der Waals surface area contributed by atoms with Gasteiger partial charge in [0.05, 0.1) is 13.2 Å². The van der Waals surface area contributed by atoms with E-state index in [1.807, 2.05) is 24.3 Å². The summed E-state index contributed by atoms with van der Waals surface area (Å²) in [6.07, 6.45) is 1.33. The van der Waals surface area contributed by atoms with E-state index in [9.17, 15) is 14.7 Å². The smallest absolute Gasteiger partial charge is 0.407 e. The maximum atomic E-state index is 12.0. The molecule has 2 aromatic rings. The first-order valence-electron chi connectivity index (χ1n) is 11.8. The normalized spacial score (nSPS) is 21.1. The number of anilines is 4. The lowest BCUT2D eigenvalue weighted by molar-refractivity contribution is -0.169. The molecule has 36 heavy (non-hydrogen) atoms. The van der Waals surface area contributed by atoms with Crippen LogP contribution in [0.5, 0.6) is 0 Å². The number of carbonyl (C=O) groups excluding carboxylic acids is 1. The predicted octanol–water partition coefficient (Wildman–Crippen LogP) is 2.59. The third-order valence-corrected chi connectivity index (χ3v) is 7.27. The average molecular weight is 562 g/mol. The maximum Gasteiger partial charge on any atom is 0.407 e. The molecule has 3 aliphatic rings. The molecule has 1 aromatic carbocycles. The molecule has 0 saturated carbocycles. The number of nitrogens with two attached hydrogens (primary N) is 1. The number of nitrogens with zero attached hydrogens (tertiary/aromatic N) is 4. The molecule has 0 radical (unpaired) electrons. The highest BCUT2D eigenvalue weighted by Gasteiger charge is 2.39. The van der Waals surface area contributed by atoms with Gasteiger partial charge in [0.1, 0.15) is 4.60 Å². The third kappa shape index (κ3) is 5.18. The van der Waals surface area contributed by atoms with Gasteiger partial charge in [0.2, 0.25) is 0 Å². The minimum atomic E-state index is -0.955. The van der Waals surface area contributed by atoms with Crippen LogP contribution >= 0.6 is 15.9 Å². The van der Waals surface area contributed by atoms with Crippen LogP contribution < -0.4 is 21.3 Å². The molecule has 3 saturated heterocycles. The number of ether oxygens (including phenoxy) is 2. The van der Waals surface area contributed by atoms with Crippen LogP contribution in [-0.4, -0.2) is 83.2 Å². The van der Waals surface area contributed by atoms with Crippen LogP contribution in [0.15, 0.2) is 28.9 Å². The number of carboxylic acid groups (broad SMARTS) is 1. The summed E-state index contributed by atoms with van der Waals surface area (Å²) in [5.41, 5.74) is 7.35. The molecule has 192 valence electrons. The summed E-state index contributed by atoms with van der Waals surface area (Å²) in [6, 6.07) is 7.70. The quantitative estimate of drug-likeness (QED) is 0.413. The van der Waals surface area contributed by atoms with Gasteiger partial charge in [0.15, 0.2) is 23.1 Å². The third-order valence-electron chi connectivity index (χ3n) is 6.72. The number of piperidine rings is 1. The first-order chi connectivity index (χ1) is 17.3. The monoisotopic (exact) mass is 561 g/mol. The minimum Gasteiger partial charge on any atom is -0.465 e. The summed E-state index contributed by atoms with van der Waals surface area (Å²) in [5.74, 6) is -0.524. The Morgan fingerprint density at radius 3 is 2.39 bits per heavy atom. The lowest BCUT2D eigenvalue weighted by Gasteiger charge is -2.38. The zero-order valence-electron chi connectivity index (χ0n) is 19.6. The molecular weight excluding hydrogens is 534 g/mol. The number of rotatable bonds is 6. The Hall–Kier alpha value is -3.16. The molecule has 12 nitrogen and oxygen atoms in total. The first-order valence-corrected chi connectivity index (χ1v) is 12.6. The van der Waals surface area contributed by atoms with Crippen molar-refractivity contribution in [3.05, 3.63) is 34.6 Å². The van der Waals surface area contributed by atoms with Crippen LogP contribution in [0.1, 0.15) is 29.8 Å². The second-order valence-electron chi connectivity index (χ2n) is 9.05. The van der Waals surface area contributed by atoms with Gasteiger partial charge in [0.25, 0.3) is 5.91 Å². The topological polar surface area (TPSA) is 155 Å². The minimum absolute atomic E-state index is 0.00650. The number of benzene rings is 1. The number of amides is 2. The summed E-state index contributed by atoms with van der Waals surface area (Å²) < 4.78 is 11.9. The number of hydrogen-bond donors (Lipinski definition) is 4. The number of aromatic nitrogens is 2. The number of primary amides is 1. The Bertz CT molecular complexity index is 1130. The molecule has 1 spiro atoms. The summed E-state index contributed by atoms with van der Waals surface area (Å²) in [4.78, 5) is 35.7. The largest absolute Gasteiger partial charge is 0.465 e. The van der Waals surface area contributed by atoms with Crippen molar-refractivity contribution < 1.29 is 24.2 Å². The Labute approximate surface area is 216 Å². The molecule has 3 aliphatic heterocycles. The van der Waals surface area contributed by atoms with Crippen LogP contribution in [0.4, 0.5) is 27.8 Å². The molecule has 2 amide bonds. The second-order valence-corrected chi connectivity index (χ2v) is 9.80. The summed E-state index contributed by atoms with van der Waals surface area (Å²) in [6.45, 7) is 3.77. The van der Waals surface area contributed by atoms with E-state index in [1.54, 1.807) is 0 Å². The summed E-state index contributed by atoms with van der Waals surface area (Å²) >= 11 is 3.34. The van der Waals surface area contributed by atoms with Crippen LogP contribution in [0.2, 0.25) is 0 Å². The van der Waals surface area contributed by atoms with E-state index in [1.165, 1.54) is 4.90 Å².